The fraction of sp³-hybridized carbons (Fsp3) is 0.125. The van der Waals surface area contributed by atoms with Crippen LogP contribution in [0.15, 0.2) is 54.6 Å². The van der Waals surface area contributed by atoms with Crippen LogP contribution in [0, 0.1) is 5.92 Å². The molecular formula is C16H15NO3. The first kappa shape index (κ1) is 13.8. The molecule has 2 N–H and O–H groups in total. The molecule has 0 fully saturated rings. The van der Waals surface area contributed by atoms with Crippen molar-refractivity contribution in [3.8, 4) is 11.1 Å². The molecule has 20 heavy (non-hydrogen) atoms. The van der Waals surface area contributed by atoms with Gasteiger partial charge in [-0.05, 0) is 30.2 Å². The highest BCUT2D eigenvalue weighted by molar-refractivity contribution is 6.03. The van der Waals surface area contributed by atoms with E-state index in [0.29, 0.717) is 5.69 Å². The monoisotopic (exact) mass is 269 g/mol. The molecule has 0 saturated carbocycles. The van der Waals surface area contributed by atoms with Crippen LogP contribution in [0.25, 0.3) is 11.1 Å². The molecule has 0 aliphatic heterocycles. The van der Waals surface area contributed by atoms with Crippen molar-refractivity contribution >= 4 is 17.6 Å². The molecule has 0 radical (unpaired) electrons. The first-order chi connectivity index (χ1) is 9.58. The zero-order chi connectivity index (χ0) is 14.5. The third kappa shape index (κ3) is 3.23. The molecule has 1 amide bonds. The van der Waals surface area contributed by atoms with Gasteiger partial charge >= 0.3 is 5.97 Å². The Morgan fingerprint density at radius 1 is 0.950 bits per heavy atom. The van der Waals surface area contributed by atoms with Crippen molar-refractivity contribution in [2.24, 2.45) is 5.92 Å². The fourth-order valence-electron chi connectivity index (χ4n) is 1.74. The second-order valence-corrected chi connectivity index (χ2v) is 4.49. The molecule has 1 atom stereocenters. The van der Waals surface area contributed by atoms with E-state index in [1.165, 1.54) is 6.92 Å². The van der Waals surface area contributed by atoms with Crippen molar-refractivity contribution < 1.29 is 14.7 Å². The Balaban J connectivity index is 2.09. The molecule has 2 aromatic carbocycles. The quantitative estimate of drug-likeness (QED) is 0.838. The third-order valence-corrected chi connectivity index (χ3v) is 3.02. The largest absolute Gasteiger partial charge is 0.481 e. The van der Waals surface area contributed by atoms with Crippen LogP contribution >= 0.6 is 0 Å². The highest BCUT2D eigenvalue weighted by Gasteiger charge is 2.20. The number of benzene rings is 2. The highest BCUT2D eigenvalue weighted by Crippen LogP contribution is 2.21. The molecule has 1 unspecified atom stereocenters. The molecule has 102 valence electrons. The highest BCUT2D eigenvalue weighted by atomic mass is 16.4. The molecular weight excluding hydrogens is 254 g/mol. The Morgan fingerprint density at radius 3 is 2.05 bits per heavy atom. The van der Waals surface area contributed by atoms with Gasteiger partial charge in [0.2, 0.25) is 5.91 Å². The first-order valence-electron chi connectivity index (χ1n) is 6.27. The number of amides is 1. The van der Waals surface area contributed by atoms with Gasteiger partial charge in [-0.25, -0.2) is 0 Å². The van der Waals surface area contributed by atoms with Gasteiger partial charge in [0.1, 0.15) is 5.92 Å². The van der Waals surface area contributed by atoms with Crippen LogP contribution in [0.2, 0.25) is 0 Å². The predicted molar refractivity (Wildman–Crippen MR) is 77.3 cm³/mol. The van der Waals surface area contributed by atoms with Crippen molar-refractivity contribution in [1.82, 2.24) is 0 Å². The Bertz CT molecular complexity index is 605. The predicted octanol–water partition coefficient (Wildman–Crippen LogP) is 3.01. The summed E-state index contributed by atoms with van der Waals surface area (Å²) in [4.78, 5) is 22.3. The maximum absolute atomic E-state index is 11.6. The second kappa shape index (κ2) is 6.02. The lowest BCUT2D eigenvalue weighted by Gasteiger charge is -2.09. The summed E-state index contributed by atoms with van der Waals surface area (Å²) in [5.41, 5.74) is 2.71. The standard InChI is InChI=1S/C16H15NO3/c1-11(16(19)20)15(18)17-14-9-7-13(8-10-14)12-5-3-2-4-6-12/h2-11H,1H3,(H,17,18)(H,19,20). The van der Waals surface area contributed by atoms with Gasteiger partial charge in [0.05, 0.1) is 0 Å². The summed E-state index contributed by atoms with van der Waals surface area (Å²) < 4.78 is 0. The van der Waals surface area contributed by atoms with Crippen molar-refractivity contribution in [2.75, 3.05) is 5.32 Å². The number of carboxylic acids is 1. The number of carbonyl (C=O) groups excluding carboxylic acids is 1. The first-order valence-corrected chi connectivity index (χ1v) is 6.27. The SMILES string of the molecule is CC(C(=O)O)C(=O)Nc1ccc(-c2ccccc2)cc1. The van der Waals surface area contributed by atoms with E-state index in [9.17, 15) is 9.59 Å². The van der Waals surface area contributed by atoms with Crippen molar-refractivity contribution in [1.29, 1.82) is 0 Å². The Kier molecular flexibility index (Phi) is 4.15. The van der Waals surface area contributed by atoms with Crippen LogP contribution in [0.1, 0.15) is 6.92 Å². The van der Waals surface area contributed by atoms with Gasteiger partial charge in [-0.2, -0.15) is 0 Å². The van der Waals surface area contributed by atoms with Gasteiger partial charge in [-0.1, -0.05) is 42.5 Å². The third-order valence-electron chi connectivity index (χ3n) is 3.02. The smallest absolute Gasteiger partial charge is 0.315 e. The van der Waals surface area contributed by atoms with Crippen LogP contribution in [0.5, 0.6) is 0 Å². The molecule has 0 heterocycles. The number of hydrogen-bond acceptors (Lipinski definition) is 2. The summed E-state index contributed by atoms with van der Waals surface area (Å²) in [5, 5.41) is 11.3. The molecule has 0 saturated heterocycles. The van der Waals surface area contributed by atoms with E-state index in [-0.39, 0.29) is 0 Å². The number of nitrogens with one attached hydrogen (secondary N) is 1. The Morgan fingerprint density at radius 2 is 1.50 bits per heavy atom. The van der Waals surface area contributed by atoms with E-state index < -0.39 is 17.8 Å². The summed E-state index contributed by atoms with van der Waals surface area (Å²) in [6.07, 6.45) is 0. The summed E-state index contributed by atoms with van der Waals surface area (Å²) in [5.74, 6) is -2.72. The van der Waals surface area contributed by atoms with E-state index in [2.05, 4.69) is 5.32 Å². The van der Waals surface area contributed by atoms with Crippen molar-refractivity contribution in [3.63, 3.8) is 0 Å². The number of carboxylic acid groups (broad SMARTS) is 1. The molecule has 0 bridgehead atoms. The van der Waals surface area contributed by atoms with E-state index in [0.717, 1.165) is 11.1 Å². The van der Waals surface area contributed by atoms with Crippen LogP contribution in [-0.2, 0) is 9.59 Å². The minimum absolute atomic E-state index is 0.523. The maximum atomic E-state index is 11.6. The normalized spacial score (nSPS) is 11.7. The minimum Gasteiger partial charge on any atom is -0.481 e. The lowest BCUT2D eigenvalue weighted by atomic mass is 10.1. The van der Waals surface area contributed by atoms with Gasteiger partial charge in [0.25, 0.3) is 0 Å². The molecule has 0 aliphatic carbocycles. The average molecular weight is 269 g/mol. The van der Waals surface area contributed by atoms with E-state index >= 15 is 0 Å². The molecule has 2 aromatic rings. The lowest BCUT2D eigenvalue weighted by molar-refractivity contribution is -0.144. The summed E-state index contributed by atoms with van der Waals surface area (Å²) in [7, 11) is 0. The maximum Gasteiger partial charge on any atom is 0.315 e. The number of aliphatic carboxylic acids is 1. The zero-order valence-electron chi connectivity index (χ0n) is 11.0. The van der Waals surface area contributed by atoms with Crippen molar-refractivity contribution in [2.45, 2.75) is 6.92 Å². The fourth-order valence-corrected chi connectivity index (χ4v) is 1.74. The molecule has 4 nitrogen and oxygen atoms in total. The average Bonchev–Trinajstić information content (AvgIpc) is 2.48. The van der Waals surface area contributed by atoms with Gasteiger partial charge in [-0.15, -0.1) is 0 Å². The lowest BCUT2D eigenvalue weighted by Crippen LogP contribution is -2.26. The number of anilines is 1. The number of rotatable bonds is 4. The summed E-state index contributed by atoms with van der Waals surface area (Å²) >= 11 is 0. The molecule has 0 aliphatic rings. The van der Waals surface area contributed by atoms with E-state index in [1.807, 2.05) is 42.5 Å². The van der Waals surface area contributed by atoms with Gasteiger partial charge < -0.3 is 10.4 Å². The Hall–Kier alpha value is -2.62. The van der Waals surface area contributed by atoms with E-state index in [4.69, 9.17) is 5.11 Å². The topological polar surface area (TPSA) is 66.4 Å². The Labute approximate surface area is 117 Å². The van der Waals surface area contributed by atoms with Crippen molar-refractivity contribution in [3.05, 3.63) is 54.6 Å². The van der Waals surface area contributed by atoms with E-state index in [1.54, 1.807) is 12.1 Å². The van der Waals surface area contributed by atoms with Crippen LogP contribution < -0.4 is 5.32 Å². The number of carbonyl (C=O) groups is 2. The zero-order valence-corrected chi connectivity index (χ0v) is 11.0. The summed E-state index contributed by atoms with van der Waals surface area (Å²) in [6, 6.07) is 17.2. The van der Waals surface area contributed by atoms with Gasteiger partial charge in [0, 0.05) is 5.69 Å². The molecule has 2 rings (SSSR count). The van der Waals surface area contributed by atoms with Crippen LogP contribution in [0.4, 0.5) is 5.69 Å². The summed E-state index contributed by atoms with van der Waals surface area (Å²) in [6.45, 7) is 1.36. The second-order valence-electron chi connectivity index (χ2n) is 4.49. The van der Waals surface area contributed by atoms with Gasteiger partial charge in [-0.3, -0.25) is 9.59 Å². The molecule has 4 heteroatoms. The molecule has 0 spiro atoms. The number of hydrogen-bond donors (Lipinski definition) is 2. The minimum atomic E-state index is -1.14. The molecule has 0 aromatic heterocycles. The van der Waals surface area contributed by atoms with Crippen LogP contribution in [-0.4, -0.2) is 17.0 Å². The van der Waals surface area contributed by atoms with Crippen LogP contribution in [0.3, 0.4) is 0 Å². The van der Waals surface area contributed by atoms with Gasteiger partial charge in [0.15, 0.2) is 0 Å².